The number of hydrogen-bond donors (Lipinski definition) is 2. The number of rotatable bonds is 6. The van der Waals surface area contributed by atoms with E-state index in [0.29, 0.717) is 28.8 Å². The van der Waals surface area contributed by atoms with Crippen LogP contribution in [-0.2, 0) is 11.3 Å². The summed E-state index contributed by atoms with van der Waals surface area (Å²) in [5, 5.41) is 14.5. The topological polar surface area (TPSA) is 41.5 Å². The maximum atomic E-state index is 10.3. The maximum absolute atomic E-state index is 10.3. The van der Waals surface area contributed by atoms with Crippen molar-refractivity contribution in [1.29, 1.82) is 0 Å². The molecule has 0 saturated carbocycles. The van der Waals surface area contributed by atoms with Crippen molar-refractivity contribution in [2.45, 2.75) is 12.7 Å². The van der Waals surface area contributed by atoms with Crippen LogP contribution in [0.5, 0.6) is 0 Å². The number of benzene rings is 2. The molecule has 1 unspecified atom stereocenters. The van der Waals surface area contributed by atoms with E-state index in [1.807, 2.05) is 24.3 Å². The monoisotopic (exact) mass is 325 g/mol. The van der Waals surface area contributed by atoms with Gasteiger partial charge in [0.15, 0.2) is 0 Å². The lowest BCUT2D eigenvalue weighted by Crippen LogP contribution is -2.13. The van der Waals surface area contributed by atoms with E-state index in [2.05, 4.69) is 5.32 Å². The number of halogens is 2. The smallest absolute Gasteiger partial charge is 0.0977 e. The van der Waals surface area contributed by atoms with E-state index in [1.54, 1.807) is 25.3 Å². The zero-order chi connectivity index (χ0) is 15.2. The van der Waals surface area contributed by atoms with E-state index in [1.165, 1.54) is 0 Å². The summed E-state index contributed by atoms with van der Waals surface area (Å²) in [6.45, 7) is 0.845. The third-order valence-corrected chi connectivity index (χ3v) is 3.70. The Bertz CT molecular complexity index is 605. The Morgan fingerprint density at radius 1 is 1.19 bits per heavy atom. The van der Waals surface area contributed by atoms with E-state index >= 15 is 0 Å². The molecule has 2 aromatic carbocycles. The van der Waals surface area contributed by atoms with Crippen molar-refractivity contribution in [2.24, 2.45) is 0 Å². The van der Waals surface area contributed by atoms with Gasteiger partial charge in [0.25, 0.3) is 0 Å². The average molecular weight is 326 g/mol. The van der Waals surface area contributed by atoms with Gasteiger partial charge in [-0.15, -0.1) is 0 Å². The first-order chi connectivity index (χ1) is 10.1. The summed E-state index contributed by atoms with van der Waals surface area (Å²) < 4.78 is 5.15. The zero-order valence-corrected chi connectivity index (χ0v) is 13.2. The fourth-order valence-corrected chi connectivity index (χ4v) is 2.48. The highest BCUT2D eigenvalue weighted by molar-refractivity contribution is 6.33. The van der Waals surface area contributed by atoms with Crippen molar-refractivity contribution in [2.75, 3.05) is 19.0 Å². The molecule has 0 saturated heterocycles. The minimum Gasteiger partial charge on any atom is -0.387 e. The average Bonchev–Trinajstić information content (AvgIpc) is 2.49. The molecule has 0 radical (unpaired) electrons. The quantitative estimate of drug-likeness (QED) is 0.832. The van der Waals surface area contributed by atoms with Crippen LogP contribution in [0.1, 0.15) is 17.2 Å². The van der Waals surface area contributed by atoms with Crippen molar-refractivity contribution < 1.29 is 9.84 Å². The van der Waals surface area contributed by atoms with E-state index < -0.39 is 6.10 Å². The first-order valence-electron chi connectivity index (χ1n) is 6.55. The summed E-state index contributed by atoms with van der Waals surface area (Å²) in [6, 6.07) is 12.9. The van der Waals surface area contributed by atoms with Crippen molar-refractivity contribution in [3.8, 4) is 0 Å². The molecule has 1 atom stereocenters. The molecule has 0 fully saturated rings. The molecule has 2 aromatic rings. The van der Waals surface area contributed by atoms with Gasteiger partial charge in [0.2, 0.25) is 0 Å². The number of anilines is 1. The number of methoxy groups -OCH3 is 1. The number of nitrogens with one attached hydrogen (secondary N) is 1. The van der Waals surface area contributed by atoms with Gasteiger partial charge in [-0.3, -0.25) is 0 Å². The van der Waals surface area contributed by atoms with Gasteiger partial charge < -0.3 is 15.2 Å². The van der Waals surface area contributed by atoms with Gasteiger partial charge in [-0.25, -0.2) is 0 Å². The van der Waals surface area contributed by atoms with E-state index in [-0.39, 0.29) is 0 Å². The third-order valence-electron chi connectivity index (χ3n) is 3.12. The molecule has 0 aliphatic carbocycles. The van der Waals surface area contributed by atoms with E-state index in [0.717, 1.165) is 11.3 Å². The largest absolute Gasteiger partial charge is 0.387 e. The number of hydrogen-bond acceptors (Lipinski definition) is 3. The number of aliphatic hydroxyl groups excluding tert-OH is 1. The van der Waals surface area contributed by atoms with Gasteiger partial charge >= 0.3 is 0 Å². The molecule has 2 rings (SSSR count). The summed E-state index contributed by atoms with van der Waals surface area (Å²) >= 11 is 12.0. The molecule has 21 heavy (non-hydrogen) atoms. The molecule has 2 N–H and O–H groups in total. The Morgan fingerprint density at radius 3 is 2.71 bits per heavy atom. The predicted octanol–water partition coefficient (Wildman–Crippen LogP) is 4.29. The van der Waals surface area contributed by atoms with Gasteiger partial charge in [0, 0.05) is 40.5 Å². The zero-order valence-electron chi connectivity index (χ0n) is 11.6. The van der Waals surface area contributed by atoms with Crippen LogP contribution in [0.2, 0.25) is 10.0 Å². The molecule has 0 spiro atoms. The van der Waals surface area contributed by atoms with Crippen molar-refractivity contribution in [1.82, 2.24) is 0 Å². The molecule has 0 bridgehead atoms. The second kappa shape index (κ2) is 7.66. The van der Waals surface area contributed by atoms with Crippen LogP contribution < -0.4 is 5.32 Å². The first-order valence-corrected chi connectivity index (χ1v) is 7.31. The molecule has 0 heterocycles. The molecule has 0 aromatic heterocycles. The lowest BCUT2D eigenvalue weighted by molar-refractivity contribution is 0.184. The Labute approximate surface area is 134 Å². The van der Waals surface area contributed by atoms with Crippen molar-refractivity contribution in [3.05, 3.63) is 63.6 Å². The van der Waals surface area contributed by atoms with E-state index in [4.69, 9.17) is 27.9 Å². The van der Waals surface area contributed by atoms with Crippen molar-refractivity contribution in [3.63, 3.8) is 0 Å². The Balaban J connectivity index is 2.07. The van der Waals surface area contributed by atoms with Gasteiger partial charge in [-0.2, -0.15) is 0 Å². The SMILES string of the molecule is COCc1ccccc1NCC(O)c1cc(Cl)ccc1Cl. The minimum absolute atomic E-state index is 0.334. The van der Waals surface area contributed by atoms with Gasteiger partial charge in [-0.1, -0.05) is 41.4 Å². The van der Waals surface area contributed by atoms with Crippen LogP contribution in [0, 0.1) is 0 Å². The van der Waals surface area contributed by atoms with Crippen molar-refractivity contribution >= 4 is 28.9 Å². The number of aliphatic hydroxyl groups is 1. The summed E-state index contributed by atoms with van der Waals surface area (Å²) in [7, 11) is 1.65. The summed E-state index contributed by atoms with van der Waals surface area (Å²) in [5.41, 5.74) is 2.57. The summed E-state index contributed by atoms with van der Waals surface area (Å²) in [4.78, 5) is 0. The van der Waals surface area contributed by atoms with Crippen LogP contribution in [0.25, 0.3) is 0 Å². The number of para-hydroxylation sites is 1. The van der Waals surface area contributed by atoms with Gasteiger partial charge in [-0.05, 0) is 24.3 Å². The molecule has 5 heteroatoms. The Kier molecular flexibility index (Phi) is 5.88. The molecule has 0 amide bonds. The first kappa shape index (κ1) is 16.1. The lowest BCUT2D eigenvalue weighted by atomic mass is 10.1. The highest BCUT2D eigenvalue weighted by Gasteiger charge is 2.12. The normalized spacial score (nSPS) is 12.2. The summed E-state index contributed by atoms with van der Waals surface area (Å²) in [6.07, 6.45) is -0.744. The number of ether oxygens (including phenoxy) is 1. The molecule has 3 nitrogen and oxygen atoms in total. The summed E-state index contributed by atoms with van der Waals surface area (Å²) in [5.74, 6) is 0. The second-order valence-corrected chi connectivity index (χ2v) is 5.50. The van der Waals surface area contributed by atoms with Crippen LogP contribution in [0.4, 0.5) is 5.69 Å². The molecule has 0 aliphatic heterocycles. The van der Waals surface area contributed by atoms with Gasteiger partial charge in [0.1, 0.15) is 0 Å². The third kappa shape index (κ3) is 4.35. The van der Waals surface area contributed by atoms with Crippen LogP contribution >= 0.6 is 23.2 Å². The Morgan fingerprint density at radius 2 is 1.95 bits per heavy atom. The lowest BCUT2D eigenvalue weighted by Gasteiger charge is -2.16. The van der Waals surface area contributed by atoms with Crippen LogP contribution in [-0.4, -0.2) is 18.8 Å². The Hall–Kier alpha value is -1.26. The predicted molar refractivity (Wildman–Crippen MR) is 87.1 cm³/mol. The minimum atomic E-state index is -0.744. The second-order valence-electron chi connectivity index (χ2n) is 4.65. The molecular weight excluding hydrogens is 309 g/mol. The van der Waals surface area contributed by atoms with Crippen LogP contribution in [0.15, 0.2) is 42.5 Å². The highest BCUT2D eigenvalue weighted by atomic mass is 35.5. The molecular formula is C16H17Cl2NO2. The van der Waals surface area contributed by atoms with E-state index in [9.17, 15) is 5.11 Å². The maximum Gasteiger partial charge on any atom is 0.0977 e. The van der Waals surface area contributed by atoms with Crippen LogP contribution in [0.3, 0.4) is 0 Å². The highest BCUT2D eigenvalue weighted by Crippen LogP contribution is 2.27. The molecule has 112 valence electrons. The fourth-order valence-electron chi connectivity index (χ4n) is 2.06. The van der Waals surface area contributed by atoms with Gasteiger partial charge in [0.05, 0.1) is 12.7 Å². The standard InChI is InChI=1S/C16H17Cl2NO2/c1-21-10-11-4-2-3-5-15(11)19-9-16(20)13-8-12(17)6-7-14(13)18/h2-8,16,19-20H,9-10H2,1H3. The molecule has 0 aliphatic rings. The fraction of sp³-hybridized carbons (Fsp3) is 0.250.